The number of aliphatic hydroxyl groups excluding tert-OH is 1. The summed E-state index contributed by atoms with van der Waals surface area (Å²) in [5.41, 5.74) is -1.34. The van der Waals surface area contributed by atoms with Gasteiger partial charge in [0.15, 0.2) is 0 Å². The van der Waals surface area contributed by atoms with Crippen molar-refractivity contribution in [1.29, 1.82) is 0 Å². The number of nitro groups is 1. The maximum absolute atomic E-state index is 10.3. The maximum Gasteiger partial charge on any atom is 0.287 e. The molecule has 0 aliphatic carbocycles. The SMILES string of the molecule is CC(O)(CO)CNc1ccc([N+](=O)[O-])cn1. The maximum atomic E-state index is 10.3. The Labute approximate surface area is 91.9 Å². The fourth-order valence-corrected chi connectivity index (χ4v) is 0.936. The molecular formula is C9H13N3O4. The number of nitrogens with one attached hydrogen (secondary N) is 1. The molecule has 0 saturated heterocycles. The molecule has 1 atom stereocenters. The fourth-order valence-electron chi connectivity index (χ4n) is 0.936. The van der Waals surface area contributed by atoms with Crippen LogP contribution in [0.1, 0.15) is 6.92 Å². The lowest BCUT2D eigenvalue weighted by Crippen LogP contribution is -2.37. The number of aromatic nitrogens is 1. The van der Waals surface area contributed by atoms with E-state index < -0.39 is 10.5 Å². The Bertz CT molecular complexity index is 364. The van der Waals surface area contributed by atoms with Gasteiger partial charge in [-0.05, 0) is 13.0 Å². The molecule has 88 valence electrons. The number of hydrogen-bond acceptors (Lipinski definition) is 6. The molecule has 1 heterocycles. The average Bonchev–Trinajstić information content (AvgIpc) is 2.27. The second-order valence-corrected chi connectivity index (χ2v) is 3.67. The first-order valence-electron chi connectivity index (χ1n) is 4.62. The van der Waals surface area contributed by atoms with Gasteiger partial charge in [-0.3, -0.25) is 10.1 Å². The molecule has 0 saturated carbocycles. The summed E-state index contributed by atoms with van der Waals surface area (Å²) in [6.07, 6.45) is 1.12. The molecule has 0 bridgehead atoms. The van der Waals surface area contributed by atoms with E-state index in [0.717, 1.165) is 6.20 Å². The lowest BCUT2D eigenvalue weighted by molar-refractivity contribution is -0.385. The molecule has 0 fully saturated rings. The summed E-state index contributed by atoms with van der Waals surface area (Å²) in [4.78, 5) is 13.6. The summed E-state index contributed by atoms with van der Waals surface area (Å²) in [6, 6.07) is 2.74. The molecule has 1 unspecified atom stereocenters. The Balaban J connectivity index is 2.59. The van der Waals surface area contributed by atoms with E-state index in [4.69, 9.17) is 5.11 Å². The molecule has 0 aromatic carbocycles. The van der Waals surface area contributed by atoms with Gasteiger partial charge in [0.05, 0.1) is 11.5 Å². The van der Waals surface area contributed by atoms with Gasteiger partial charge in [-0.15, -0.1) is 0 Å². The van der Waals surface area contributed by atoms with Crippen LogP contribution in [0.2, 0.25) is 0 Å². The molecule has 3 N–H and O–H groups in total. The highest BCUT2D eigenvalue weighted by Crippen LogP contribution is 2.12. The van der Waals surface area contributed by atoms with Crippen LogP contribution in [0.15, 0.2) is 18.3 Å². The van der Waals surface area contributed by atoms with Crippen molar-refractivity contribution in [2.24, 2.45) is 0 Å². The Morgan fingerprint density at radius 3 is 2.75 bits per heavy atom. The summed E-state index contributed by atoms with van der Waals surface area (Å²) in [7, 11) is 0. The highest BCUT2D eigenvalue weighted by molar-refractivity contribution is 5.40. The first-order chi connectivity index (χ1) is 7.44. The molecule has 0 aliphatic heterocycles. The molecule has 0 spiro atoms. The van der Waals surface area contributed by atoms with E-state index in [1.807, 2.05) is 0 Å². The van der Waals surface area contributed by atoms with Crippen molar-refractivity contribution in [3.63, 3.8) is 0 Å². The lowest BCUT2D eigenvalue weighted by atomic mass is 10.1. The highest BCUT2D eigenvalue weighted by atomic mass is 16.6. The quantitative estimate of drug-likeness (QED) is 0.488. The van der Waals surface area contributed by atoms with Gasteiger partial charge in [0, 0.05) is 12.6 Å². The van der Waals surface area contributed by atoms with Gasteiger partial charge >= 0.3 is 0 Å². The van der Waals surface area contributed by atoms with Crippen molar-refractivity contribution in [3.8, 4) is 0 Å². The largest absolute Gasteiger partial charge is 0.393 e. The number of anilines is 1. The Hall–Kier alpha value is -1.73. The van der Waals surface area contributed by atoms with Crippen LogP contribution in [0.3, 0.4) is 0 Å². The minimum Gasteiger partial charge on any atom is -0.393 e. The van der Waals surface area contributed by atoms with E-state index in [1.165, 1.54) is 19.1 Å². The van der Waals surface area contributed by atoms with Gasteiger partial charge in [0.2, 0.25) is 0 Å². The fraction of sp³-hybridized carbons (Fsp3) is 0.444. The highest BCUT2D eigenvalue weighted by Gasteiger charge is 2.18. The van der Waals surface area contributed by atoms with Gasteiger partial charge in [-0.2, -0.15) is 0 Å². The summed E-state index contributed by atoms with van der Waals surface area (Å²) >= 11 is 0. The first-order valence-corrected chi connectivity index (χ1v) is 4.62. The van der Waals surface area contributed by atoms with E-state index in [-0.39, 0.29) is 18.8 Å². The van der Waals surface area contributed by atoms with E-state index in [1.54, 1.807) is 0 Å². The minimum absolute atomic E-state index is 0.0977. The molecule has 16 heavy (non-hydrogen) atoms. The van der Waals surface area contributed by atoms with E-state index >= 15 is 0 Å². The Morgan fingerprint density at radius 2 is 2.31 bits per heavy atom. The van der Waals surface area contributed by atoms with Crippen LogP contribution in [-0.2, 0) is 0 Å². The molecule has 0 amide bonds. The van der Waals surface area contributed by atoms with Crippen LogP contribution >= 0.6 is 0 Å². The second-order valence-electron chi connectivity index (χ2n) is 3.67. The van der Waals surface area contributed by atoms with Crippen LogP contribution in [-0.4, -0.2) is 38.9 Å². The number of rotatable bonds is 5. The summed E-state index contributed by atoms with van der Waals surface area (Å²) < 4.78 is 0. The zero-order valence-electron chi connectivity index (χ0n) is 8.75. The molecule has 1 rings (SSSR count). The van der Waals surface area contributed by atoms with Gasteiger partial charge in [0.25, 0.3) is 5.69 Å². The van der Waals surface area contributed by atoms with E-state index in [2.05, 4.69) is 10.3 Å². The van der Waals surface area contributed by atoms with Crippen LogP contribution in [0.5, 0.6) is 0 Å². The van der Waals surface area contributed by atoms with Gasteiger partial charge in [0.1, 0.15) is 17.6 Å². The standard InChI is InChI=1S/C9H13N3O4/c1-9(14,6-13)5-11-8-3-2-7(4-10-8)12(15)16/h2-4,13-14H,5-6H2,1H3,(H,10,11). The molecule has 0 radical (unpaired) electrons. The summed E-state index contributed by atoms with van der Waals surface area (Å²) in [5, 5.41) is 31.4. The molecule has 1 aromatic heterocycles. The van der Waals surface area contributed by atoms with E-state index in [9.17, 15) is 15.2 Å². The number of pyridine rings is 1. The third-order valence-corrected chi connectivity index (χ3v) is 1.95. The van der Waals surface area contributed by atoms with Crippen molar-refractivity contribution in [2.45, 2.75) is 12.5 Å². The van der Waals surface area contributed by atoms with Crippen molar-refractivity contribution in [2.75, 3.05) is 18.5 Å². The average molecular weight is 227 g/mol. The van der Waals surface area contributed by atoms with Gasteiger partial charge in [-0.1, -0.05) is 0 Å². The van der Waals surface area contributed by atoms with Crippen molar-refractivity contribution < 1.29 is 15.1 Å². The molecule has 0 aliphatic rings. The monoisotopic (exact) mass is 227 g/mol. The molecule has 7 heteroatoms. The number of aliphatic hydroxyl groups is 2. The van der Waals surface area contributed by atoms with Crippen molar-refractivity contribution in [3.05, 3.63) is 28.4 Å². The summed E-state index contributed by atoms with van der Waals surface area (Å²) in [5.74, 6) is 0.402. The lowest BCUT2D eigenvalue weighted by Gasteiger charge is -2.20. The zero-order valence-corrected chi connectivity index (χ0v) is 8.75. The topological polar surface area (TPSA) is 109 Å². The van der Waals surface area contributed by atoms with Crippen LogP contribution in [0.25, 0.3) is 0 Å². The predicted octanol–water partition coefficient (Wildman–Crippen LogP) is 0.145. The third kappa shape index (κ3) is 3.44. The van der Waals surface area contributed by atoms with Crippen molar-refractivity contribution >= 4 is 11.5 Å². The molecular weight excluding hydrogens is 214 g/mol. The Kier molecular flexibility index (Phi) is 3.75. The van der Waals surface area contributed by atoms with E-state index in [0.29, 0.717) is 5.82 Å². The Morgan fingerprint density at radius 1 is 1.62 bits per heavy atom. The van der Waals surface area contributed by atoms with Crippen LogP contribution < -0.4 is 5.32 Å². The first kappa shape index (κ1) is 12.3. The van der Waals surface area contributed by atoms with Crippen LogP contribution in [0, 0.1) is 10.1 Å². The summed E-state index contributed by atoms with van der Waals surface area (Å²) in [6.45, 7) is 1.19. The van der Waals surface area contributed by atoms with Crippen molar-refractivity contribution in [1.82, 2.24) is 4.98 Å². The minimum atomic E-state index is -1.25. The third-order valence-electron chi connectivity index (χ3n) is 1.95. The number of nitrogens with zero attached hydrogens (tertiary/aromatic N) is 2. The van der Waals surface area contributed by atoms with Gasteiger partial charge < -0.3 is 15.5 Å². The predicted molar refractivity (Wildman–Crippen MR) is 57.1 cm³/mol. The zero-order chi connectivity index (χ0) is 12.2. The smallest absolute Gasteiger partial charge is 0.287 e. The molecule has 7 nitrogen and oxygen atoms in total. The van der Waals surface area contributed by atoms with Crippen LogP contribution in [0.4, 0.5) is 11.5 Å². The second kappa shape index (κ2) is 4.86. The van der Waals surface area contributed by atoms with Gasteiger partial charge in [-0.25, -0.2) is 4.98 Å². The molecule has 1 aromatic rings. The normalized spacial score (nSPS) is 14.2. The number of hydrogen-bond donors (Lipinski definition) is 3.